The Morgan fingerprint density at radius 1 is 1.27 bits per heavy atom. The largest absolute Gasteiger partial charge is 0.478 e. The Morgan fingerprint density at radius 2 is 1.92 bits per heavy atom. The van der Waals surface area contributed by atoms with Crippen LogP contribution in [-0.4, -0.2) is 22.3 Å². The number of rotatable bonds is 3. The minimum atomic E-state index is -1.39. The number of anilines is 1. The molecule has 9 heteroatoms. The first-order chi connectivity index (χ1) is 12.3. The van der Waals surface area contributed by atoms with Gasteiger partial charge in [0.1, 0.15) is 0 Å². The zero-order valence-corrected chi connectivity index (χ0v) is 14.6. The zero-order valence-electron chi connectivity index (χ0n) is 13.0. The van der Waals surface area contributed by atoms with E-state index in [4.69, 9.17) is 27.9 Å². The van der Waals surface area contributed by atoms with Gasteiger partial charge in [-0.3, -0.25) is 0 Å². The molecule has 0 fully saturated rings. The minimum absolute atomic E-state index is 0.161. The fraction of sp³-hybridized carbons (Fsp3) is 0. The summed E-state index contributed by atoms with van der Waals surface area (Å²) in [5, 5.41) is 18.5. The Hall–Kier alpha value is -2.84. The maximum absolute atomic E-state index is 12.5. The van der Waals surface area contributed by atoms with E-state index in [1.807, 2.05) is 29.6 Å². The third-order valence-corrected chi connectivity index (χ3v) is 4.15. The number of hydrogen-bond acceptors (Lipinski definition) is 5. The molecule has 0 radical (unpaired) electrons. The molecule has 0 unspecified atom stereocenters. The second kappa shape index (κ2) is 8.50. The van der Waals surface area contributed by atoms with Gasteiger partial charge in [-0.25, -0.2) is 18.6 Å². The van der Waals surface area contributed by atoms with Gasteiger partial charge in [0.2, 0.25) is 0 Å². The number of halogens is 3. The Morgan fingerprint density at radius 3 is 2.46 bits per heavy atom. The lowest BCUT2D eigenvalue weighted by Gasteiger charge is -2.00. The SMILES string of the molecule is N=Cc1cc(F)c(F)cc1C(=O)O.Nc1nc(-c2ccccc2Cl)cs1. The summed E-state index contributed by atoms with van der Waals surface area (Å²) in [6, 6.07) is 8.81. The highest BCUT2D eigenvalue weighted by Gasteiger charge is 2.13. The fourth-order valence-electron chi connectivity index (χ4n) is 1.95. The molecular formula is C17H12ClF2N3O2S. The Labute approximate surface area is 156 Å². The highest BCUT2D eigenvalue weighted by Crippen LogP contribution is 2.28. The number of carbonyl (C=O) groups is 1. The molecule has 5 nitrogen and oxygen atoms in total. The maximum atomic E-state index is 12.5. The van der Waals surface area contributed by atoms with Gasteiger partial charge in [0.25, 0.3) is 0 Å². The normalized spacial score (nSPS) is 9.96. The quantitative estimate of drug-likeness (QED) is 0.559. The molecular weight excluding hydrogens is 384 g/mol. The molecule has 0 saturated carbocycles. The predicted octanol–water partition coefficient (Wildman–Crippen LogP) is 4.71. The van der Waals surface area contributed by atoms with E-state index in [-0.39, 0.29) is 5.56 Å². The molecule has 0 aliphatic rings. The van der Waals surface area contributed by atoms with Crippen LogP contribution in [0.5, 0.6) is 0 Å². The third kappa shape index (κ3) is 4.62. The van der Waals surface area contributed by atoms with Crippen molar-refractivity contribution >= 4 is 40.3 Å². The molecule has 1 heterocycles. The Bertz CT molecular complexity index is 963. The molecule has 134 valence electrons. The topological polar surface area (TPSA) is 100 Å². The number of nitrogens with two attached hydrogens (primary N) is 1. The summed E-state index contributed by atoms with van der Waals surface area (Å²) in [7, 11) is 0. The molecule has 0 aliphatic heterocycles. The fourth-order valence-corrected chi connectivity index (χ4v) is 2.74. The molecule has 0 aliphatic carbocycles. The van der Waals surface area contributed by atoms with Gasteiger partial charge in [-0.1, -0.05) is 29.8 Å². The molecule has 4 N–H and O–H groups in total. The molecule has 0 atom stereocenters. The summed E-state index contributed by atoms with van der Waals surface area (Å²) >= 11 is 7.41. The first-order valence-corrected chi connectivity index (χ1v) is 8.28. The summed E-state index contributed by atoms with van der Waals surface area (Å²) < 4.78 is 25.1. The van der Waals surface area contributed by atoms with Gasteiger partial charge in [0.15, 0.2) is 16.8 Å². The van der Waals surface area contributed by atoms with Gasteiger partial charge in [0.05, 0.1) is 11.3 Å². The number of nitrogens with one attached hydrogen (secondary N) is 1. The number of carboxylic acids is 1. The summed E-state index contributed by atoms with van der Waals surface area (Å²) in [6.07, 6.45) is 0.659. The van der Waals surface area contributed by atoms with E-state index in [9.17, 15) is 13.6 Å². The summed E-state index contributed by atoms with van der Waals surface area (Å²) in [4.78, 5) is 14.6. The van der Waals surface area contributed by atoms with Gasteiger partial charge in [-0.05, 0) is 18.2 Å². The van der Waals surface area contributed by atoms with E-state index in [0.29, 0.717) is 28.5 Å². The number of thiazole rings is 1. The van der Waals surface area contributed by atoms with Gasteiger partial charge >= 0.3 is 5.97 Å². The Balaban J connectivity index is 0.000000187. The molecule has 26 heavy (non-hydrogen) atoms. The van der Waals surface area contributed by atoms with Crippen LogP contribution in [0.1, 0.15) is 15.9 Å². The van der Waals surface area contributed by atoms with Crippen molar-refractivity contribution < 1.29 is 18.7 Å². The monoisotopic (exact) mass is 395 g/mol. The average molecular weight is 396 g/mol. The zero-order chi connectivity index (χ0) is 19.3. The molecule has 1 aromatic heterocycles. The number of nitrogen functional groups attached to an aromatic ring is 1. The highest BCUT2D eigenvalue weighted by atomic mass is 35.5. The van der Waals surface area contributed by atoms with Crippen LogP contribution in [0.4, 0.5) is 13.9 Å². The van der Waals surface area contributed by atoms with E-state index < -0.39 is 23.2 Å². The van der Waals surface area contributed by atoms with Crippen molar-refractivity contribution in [3.05, 3.63) is 69.6 Å². The number of benzene rings is 2. The van der Waals surface area contributed by atoms with Crippen molar-refractivity contribution in [3.8, 4) is 11.3 Å². The summed E-state index contributed by atoms with van der Waals surface area (Å²) in [5.41, 5.74) is 6.72. The van der Waals surface area contributed by atoms with Crippen LogP contribution in [0.25, 0.3) is 11.3 Å². The number of aromatic carboxylic acids is 1. The van der Waals surface area contributed by atoms with Gasteiger partial charge in [-0.15, -0.1) is 11.3 Å². The summed E-state index contributed by atoms with van der Waals surface area (Å²) in [6.45, 7) is 0. The molecule has 3 aromatic rings. The van der Waals surface area contributed by atoms with E-state index >= 15 is 0 Å². The predicted molar refractivity (Wildman–Crippen MR) is 98.2 cm³/mol. The number of aromatic nitrogens is 1. The molecule has 0 bridgehead atoms. The Kier molecular flexibility index (Phi) is 6.37. The van der Waals surface area contributed by atoms with Crippen molar-refractivity contribution in [2.45, 2.75) is 0 Å². The van der Waals surface area contributed by atoms with Crippen molar-refractivity contribution in [3.63, 3.8) is 0 Å². The van der Waals surface area contributed by atoms with Gasteiger partial charge in [-0.2, -0.15) is 0 Å². The number of hydrogen-bond donors (Lipinski definition) is 3. The van der Waals surface area contributed by atoms with Crippen LogP contribution in [0.3, 0.4) is 0 Å². The van der Waals surface area contributed by atoms with Gasteiger partial charge < -0.3 is 16.2 Å². The number of nitrogens with zero attached hydrogens (tertiary/aromatic N) is 1. The standard InChI is InChI=1S/C9H7ClN2S.C8H5F2NO2/c10-7-4-2-1-3-6(7)8-5-13-9(11)12-8;9-6-1-4(3-11)5(8(12)13)2-7(6)10/h1-5H,(H2,11,12);1-3,11H,(H,12,13). The average Bonchev–Trinajstić information content (AvgIpc) is 3.04. The minimum Gasteiger partial charge on any atom is -0.478 e. The van der Waals surface area contributed by atoms with E-state index in [1.54, 1.807) is 0 Å². The van der Waals surface area contributed by atoms with Crippen molar-refractivity contribution in [2.75, 3.05) is 5.73 Å². The van der Waals surface area contributed by atoms with Crippen LogP contribution in [0.2, 0.25) is 5.02 Å². The molecule has 0 saturated heterocycles. The maximum Gasteiger partial charge on any atom is 0.336 e. The summed E-state index contributed by atoms with van der Waals surface area (Å²) in [5.74, 6) is -3.79. The van der Waals surface area contributed by atoms with Crippen molar-refractivity contribution in [1.82, 2.24) is 4.98 Å². The van der Waals surface area contributed by atoms with Crippen LogP contribution < -0.4 is 5.73 Å². The van der Waals surface area contributed by atoms with E-state index in [0.717, 1.165) is 11.3 Å². The molecule has 0 spiro atoms. The lowest BCUT2D eigenvalue weighted by molar-refractivity contribution is 0.0696. The van der Waals surface area contributed by atoms with Crippen LogP contribution in [-0.2, 0) is 0 Å². The van der Waals surface area contributed by atoms with E-state index in [1.165, 1.54) is 11.3 Å². The molecule has 3 rings (SSSR count). The third-order valence-electron chi connectivity index (χ3n) is 3.15. The lowest BCUT2D eigenvalue weighted by Crippen LogP contribution is -2.04. The van der Waals surface area contributed by atoms with Gasteiger partial charge in [0, 0.05) is 27.7 Å². The molecule has 2 aromatic carbocycles. The number of carboxylic acid groups (broad SMARTS) is 1. The lowest BCUT2D eigenvalue weighted by atomic mass is 10.1. The van der Waals surface area contributed by atoms with E-state index in [2.05, 4.69) is 4.98 Å². The smallest absolute Gasteiger partial charge is 0.336 e. The van der Waals surface area contributed by atoms with Crippen LogP contribution in [0, 0.1) is 17.0 Å². The second-order valence-electron chi connectivity index (χ2n) is 4.85. The highest BCUT2D eigenvalue weighted by molar-refractivity contribution is 7.13. The first kappa shape index (κ1) is 19.5. The van der Waals surface area contributed by atoms with Crippen LogP contribution in [0.15, 0.2) is 41.8 Å². The van der Waals surface area contributed by atoms with Crippen LogP contribution >= 0.6 is 22.9 Å². The molecule has 0 amide bonds. The first-order valence-electron chi connectivity index (χ1n) is 7.02. The van der Waals surface area contributed by atoms with Crippen molar-refractivity contribution in [1.29, 1.82) is 5.41 Å². The second-order valence-corrected chi connectivity index (χ2v) is 6.15. The van der Waals surface area contributed by atoms with Crippen molar-refractivity contribution in [2.24, 2.45) is 0 Å².